The normalized spacial score (nSPS) is 19.2. The number of halogens is 3. The molecule has 1 fully saturated rings. The molecule has 138 valence electrons. The smallest absolute Gasteiger partial charge is 0.450 e. The van der Waals surface area contributed by atoms with Crippen molar-refractivity contribution in [1.82, 2.24) is 0 Å². The second kappa shape index (κ2) is 7.94. The molecule has 0 radical (unpaired) electrons. The molecule has 0 amide bonds. The van der Waals surface area contributed by atoms with Crippen molar-refractivity contribution < 1.29 is 22.7 Å². The summed E-state index contributed by atoms with van der Waals surface area (Å²) in [5.41, 5.74) is 2.26. The Morgan fingerprint density at radius 1 is 0.962 bits per heavy atom. The van der Waals surface area contributed by atoms with Crippen LogP contribution in [0.2, 0.25) is 0 Å². The summed E-state index contributed by atoms with van der Waals surface area (Å²) >= 11 is 0. The molecular formula is C21H21F3O2. The van der Waals surface area contributed by atoms with Crippen LogP contribution < -0.4 is 4.74 Å². The van der Waals surface area contributed by atoms with Gasteiger partial charge in [0.05, 0.1) is 6.61 Å². The van der Waals surface area contributed by atoms with Gasteiger partial charge < -0.3 is 4.74 Å². The third kappa shape index (κ3) is 4.87. The summed E-state index contributed by atoms with van der Waals surface area (Å²) in [5, 5.41) is 0. The number of hydrogen-bond acceptors (Lipinski definition) is 2. The van der Waals surface area contributed by atoms with E-state index in [-0.39, 0.29) is 5.92 Å². The number of unbranched alkanes of at least 4 members (excludes halogenated alkanes) is 1. The SMILES string of the molecule is O=C(C1CC1CCCCOc1ccc(-c2ccccc2)cc1)C(F)(F)F. The van der Waals surface area contributed by atoms with Gasteiger partial charge in [-0.3, -0.25) is 4.79 Å². The molecule has 2 unspecified atom stereocenters. The van der Waals surface area contributed by atoms with Gasteiger partial charge in [0.15, 0.2) is 0 Å². The van der Waals surface area contributed by atoms with E-state index in [1.807, 2.05) is 54.6 Å². The van der Waals surface area contributed by atoms with E-state index < -0.39 is 17.9 Å². The molecule has 1 saturated carbocycles. The standard InChI is InChI=1S/C21H21F3O2/c22-21(23,24)20(25)19-14-17(19)8-4-5-13-26-18-11-9-16(10-12-18)15-6-2-1-3-7-15/h1-3,6-7,9-12,17,19H,4-5,8,13-14H2. The highest BCUT2D eigenvalue weighted by Crippen LogP contribution is 2.46. The molecule has 0 saturated heterocycles. The first-order chi connectivity index (χ1) is 12.4. The van der Waals surface area contributed by atoms with Gasteiger partial charge in [-0.25, -0.2) is 0 Å². The van der Waals surface area contributed by atoms with Crippen LogP contribution in [0.5, 0.6) is 5.75 Å². The Morgan fingerprint density at radius 2 is 1.62 bits per heavy atom. The summed E-state index contributed by atoms with van der Waals surface area (Å²) in [6, 6.07) is 17.9. The number of ether oxygens (including phenoxy) is 1. The van der Waals surface area contributed by atoms with Crippen molar-refractivity contribution in [3.05, 3.63) is 54.6 Å². The minimum absolute atomic E-state index is 0.103. The largest absolute Gasteiger partial charge is 0.494 e. The van der Waals surface area contributed by atoms with Crippen LogP contribution in [-0.2, 0) is 4.79 Å². The van der Waals surface area contributed by atoms with E-state index >= 15 is 0 Å². The fourth-order valence-electron chi connectivity index (χ4n) is 3.17. The van der Waals surface area contributed by atoms with Crippen molar-refractivity contribution in [1.29, 1.82) is 0 Å². The van der Waals surface area contributed by atoms with Crippen molar-refractivity contribution >= 4 is 5.78 Å². The highest BCUT2D eigenvalue weighted by Gasteiger charge is 2.53. The zero-order valence-corrected chi connectivity index (χ0v) is 14.3. The Morgan fingerprint density at radius 3 is 2.27 bits per heavy atom. The molecule has 0 heterocycles. The fraction of sp³-hybridized carbons (Fsp3) is 0.381. The molecule has 0 spiro atoms. The zero-order valence-electron chi connectivity index (χ0n) is 14.3. The lowest BCUT2D eigenvalue weighted by Crippen LogP contribution is -2.25. The maximum Gasteiger partial charge on any atom is 0.450 e. The number of Topliss-reactive ketones (excluding diaryl/α,β-unsaturated/α-hetero) is 1. The molecule has 3 rings (SSSR count). The van der Waals surface area contributed by atoms with Gasteiger partial charge in [-0.2, -0.15) is 13.2 Å². The van der Waals surface area contributed by atoms with Gasteiger partial charge in [0.1, 0.15) is 5.75 Å². The average Bonchev–Trinajstić information content (AvgIpc) is 3.40. The molecule has 0 N–H and O–H groups in total. The van der Waals surface area contributed by atoms with Gasteiger partial charge in [-0.15, -0.1) is 0 Å². The molecule has 2 aromatic rings. The number of ketones is 1. The lowest BCUT2D eigenvalue weighted by Gasteiger charge is -2.08. The number of alkyl halides is 3. The van der Waals surface area contributed by atoms with E-state index in [0.717, 1.165) is 29.7 Å². The van der Waals surface area contributed by atoms with Gasteiger partial charge in [0.25, 0.3) is 0 Å². The van der Waals surface area contributed by atoms with E-state index in [2.05, 4.69) is 0 Å². The molecule has 2 aromatic carbocycles. The van der Waals surface area contributed by atoms with E-state index in [1.165, 1.54) is 0 Å². The third-order valence-corrected chi connectivity index (χ3v) is 4.74. The summed E-state index contributed by atoms with van der Waals surface area (Å²) in [7, 11) is 0. The van der Waals surface area contributed by atoms with Crippen LogP contribution in [0.25, 0.3) is 11.1 Å². The highest BCUT2D eigenvalue weighted by molar-refractivity contribution is 5.88. The molecular weight excluding hydrogens is 341 g/mol. The van der Waals surface area contributed by atoms with Gasteiger partial charge in [-0.05, 0) is 54.9 Å². The highest BCUT2D eigenvalue weighted by atomic mass is 19.4. The molecule has 0 aromatic heterocycles. The first-order valence-corrected chi connectivity index (χ1v) is 8.84. The third-order valence-electron chi connectivity index (χ3n) is 4.74. The van der Waals surface area contributed by atoms with Crippen LogP contribution >= 0.6 is 0 Å². The summed E-state index contributed by atoms with van der Waals surface area (Å²) in [6.07, 6.45) is -2.12. The lowest BCUT2D eigenvalue weighted by atomic mass is 10.1. The number of carbonyl (C=O) groups is 1. The van der Waals surface area contributed by atoms with Crippen LogP contribution in [0.4, 0.5) is 13.2 Å². The molecule has 5 heteroatoms. The number of carbonyl (C=O) groups excluding carboxylic acids is 1. The molecule has 0 bridgehead atoms. The van der Waals surface area contributed by atoms with Gasteiger partial charge in [0, 0.05) is 5.92 Å². The maximum absolute atomic E-state index is 12.3. The minimum atomic E-state index is -4.69. The summed E-state index contributed by atoms with van der Waals surface area (Å²) < 4.78 is 42.6. The first kappa shape index (κ1) is 18.5. The first-order valence-electron chi connectivity index (χ1n) is 8.84. The van der Waals surface area contributed by atoms with E-state index in [9.17, 15) is 18.0 Å². The van der Waals surface area contributed by atoms with Crippen LogP contribution in [0.1, 0.15) is 25.7 Å². The van der Waals surface area contributed by atoms with Crippen LogP contribution in [0.15, 0.2) is 54.6 Å². The number of hydrogen-bond donors (Lipinski definition) is 0. The van der Waals surface area contributed by atoms with Crippen LogP contribution in [0, 0.1) is 11.8 Å². The topological polar surface area (TPSA) is 26.3 Å². The molecule has 1 aliphatic rings. The monoisotopic (exact) mass is 362 g/mol. The second-order valence-corrected chi connectivity index (χ2v) is 6.70. The molecule has 2 nitrogen and oxygen atoms in total. The van der Waals surface area contributed by atoms with Gasteiger partial charge in [-0.1, -0.05) is 42.5 Å². The molecule has 2 atom stereocenters. The number of rotatable bonds is 8. The summed E-state index contributed by atoms with van der Waals surface area (Å²) in [6.45, 7) is 0.523. The van der Waals surface area contributed by atoms with Crippen LogP contribution in [-0.4, -0.2) is 18.6 Å². The Bertz CT molecular complexity index is 723. The zero-order chi connectivity index (χ0) is 18.6. The predicted octanol–water partition coefficient (Wildman–Crippen LogP) is 5.67. The Kier molecular flexibility index (Phi) is 5.64. The van der Waals surface area contributed by atoms with E-state index in [0.29, 0.717) is 19.4 Å². The second-order valence-electron chi connectivity index (χ2n) is 6.70. The Hall–Kier alpha value is -2.30. The lowest BCUT2D eigenvalue weighted by molar-refractivity contribution is -0.172. The quantitative estimate of drug-likeness (QED) is 0.566. The Labute approximate surface area is 151 Å². The van der Waals surface area contributed by atoms with Crippen LogP contribution in [0.3, 0.4) is 0 Å². The Balaban J connectivity index is 1.34. The van der Waals surface area contributed by atoms with Crippen molar-refractivity contribution in [3.63, 3.8) is 0 Å². The van der Waals surface area contributed by atoms with E-state index in [1.54, 1.807) is 0 Å². The summed E-state index contributed by atoms with van der Waals surface area (Å²) in [5.74, 6) is -1.69. The molecule has 26 heavy (non-hydrogen) atoms. The minimum Gasteiger partial charge on any atom is -0.494 e. The predicted molar refractivity (Wildman–Crippen MR) is 93.9 cm³/mol. The van der Waals surface area contributed by atoms with Crippen molar-refractivity contribution in [2.24, 2.45) is 11.8 Å². The van der Waals surface area contributed by atoms with Gasteiger partial charge in [0.2, 0.25) is 5.78 Å². The summed E-state index contributed by atoms with van der Waals surface area (Å²) in [4.78, 5) is 11.1. The molecule has 0 aliphatic heterocycles. The van der Waals surface area contributed by atoms with Crippen molar-refractivity contribution in [3.8, 4) is 16.9 Å². The molecule has 1 aliphatic carbocycles. The van der Waals surface area contributed by atoms with E-state index in [4.69, 9.17) is 4.74 Å². The van der Waals surface area contributed by atoms with Crippen molar-refractivity contribution in [2.45, 2.75) is 31.9 Å². The fourth-order valence-corrected chi connectivity index (χ4v) is 3.17. The average molecular weight is 362 g/mol. The maximum atomic E-state index is 12.3. The van der Waals surface area contributed by atoms with Gasteiger partial charge >= 0.3 is 6.18 Å². The number of benzene rings is 2. The van der Waals surface area contributed by atoms with Crippen molar-refractivity contribution in [2.75, 3.05) is 6.61 Å².